The van der Waals surface area contributed by atoms with Crippen LogP contribution in [0.1, 0.15) is 12.0 Å². The zero-order chi connectivity index (χ0) is 24.4. The topological polar surface area (TPSA) is 93.9 Å². The van der Waals surface area contributed by atoms with Crippen LogP contribution in [0.3, 0.4) is 0 Å². The number of ether oxygens (including phenoxy) is 2. The van der Waals surface area contributed by atoms with E-state index in [0.29, 0.717) is 41.6 Å². The molecule has 8 heteroatoms. The van der Waals surface area contributed by atoms with Gasteiger partial charge in [0.05, 0.1) is 25.8 Å². The molecule has 1 N–H and O–H groups in total. The largest absolute Gasteiger partial charge is 0.497 e. The van der Waals surface area contributed by atoms with Crippen molar-refractivity contribution in [3.63, 3.8) is 0 Å². The number of methoxy groups -OCH3 is 2. The fourth-order valence-corrected chi connectivity index (χ4v) is 4.22. The number of fused-ring (bicyclic) bond motifs is 1. The van der Waals surface area contributed by atoms with E-state index in [4.69, 9.17) is 13.9 Å². The average molecular weight is 472 g/mol. The lowest BCUT2D eigenvalue weighted by atomic mass is 10.1. The van der Waals surface area contributed by atoms with Crippen molar-refractivity contribution in [1.29, 1.82) is 0 Å². The molecule has 5 rings (SSSR count). The third-order valence-electron chi connectivity index (χ3n) is 6.12. The molecule has 3 aromatic carbocycles. The summed E-state index contributed by atoms with van der Waals surface area (Å²) >= 11 is 0. The Morgan fingerprint density at radius 1 is 1.09 bits per heavy atom. The molecule has 1 atom stereocenters. The number of carbonyl (C=O) groups excluding carboxylic acids is 2. The maximum Gasteiger partial charge on any atom is 0.229 e. The lowest BCUT2D eigenvalue weighted by Crippen LogP contribution is -2.28. The number of nitrogens with one attached hydrogen (secondary N) is 1. The van der Waals surface area contributed by atoms with Crippen LogP contribution in [0.5, 0.6) is 11.5 Å². The number of hydrogen-bond donors (Lipinski definition) is 1. The third kappa shape index (κ3) is 4.68. The molecule has 178 valence electrons. The molecule has 0 bridgehead atoms. The van der Waals surface area contributed by atoms with E-state index in [9.17, 15) is 9.59 Å². The van der Waals surface area contributed by atoms with E-state index in [1.807, 2.05) is 54.6 Å². The van der Waals surface area contributed by atoms with Gasteiger partial charge in [0, 0.05) is 25.1 Å². The van der Waals surface area contributed by atoms with E-state index in [1.54, 1.807) is 31.3 Å². The average Bonchev–Trinajstić information content (AvgIpc) is 3.48. The minimum Gasteiger partial charge on any atom is -0.497 e. The quantitative estimate of drug-likeness (QED) is 0.427. The van der Waals surface area contributed by atoms with Crippen LogP contribution in [0, 0.1) is 5.92 Å². The van der Waals surface area contributed by atoms with Gasteiger partial charge in [0.15, 0.2) is 5.58 Å². The molecule has 1 aliphatic rings. The van der Waals surface area contributed by atoms with Gasteiger partial charge in [-0.05, 0) is 48.0 Å². The highest BCUT2D eigenvalue weighted by atomic mass is 16.5. The van der Waals surface area contributed by atoms with Crippen LogP contribution < -0.4 is 14.8 Å². The zero-order valence-corrected chi connectivity index (χ0v) is 19.5. The first-order valence-corrected chi connectivity index (χ1v) is 11.3. The molecular formula is C27H25N3O5. The maximum absolute atomic E-state index is 13.1. The van der Waals surface area contributed by atoms with Crippen LogP contribution in [-0.2, 0) is 16.1 Å². The first kappa shape index (κ1) is 22.5. The molecule has 1 aliphatic heterocycles. The normalized spacial score (nSPS) is 15.4. The van der Waals surface area contributed by atoms with Crippen LogP contribution in [0.25, 0.3) is 22.6 Å². The molecule has 2 heterocycles. The van der Waals surface area contributed by atoms with E-state index >= 15 is 0 Å². The number of anilines is 1. The Labute approximate surface area is 202 Å². The number of amides is 2. The van der Waals surface area contributed by atoms with E-state index in [1.165, 1.54) is 0 Å². The van der Waals surface area contributed by atoms with E-state index < -0.39 is 5.92 Å². The lowest BCUT2D eigenvalue weighted by molar-refractivity contribution is -0.128. The van der Waals surface area contributed by atoms with Crippen molar-refractivity contribution in [2.24, 2.45) is 5.92 Å². The van der Waals surface area contributed by atoms with Crippen LogP contribution in [-0.4, -0.2) is 42.5 Å². The van der Waals surface area contributed by atoms with E-state index in [-0.39, 0.29) is 18.2 Å². The molecule has 1 aromatic heterocycles. The van der Waals surface area contributed by atoms with Crippen LogP contribution in [0.4, 0.5) is 5.69 Å². The molecule has 0 spiro atoms. The Hall–Kier alpha value is -4.33. The summed E-state index contributed by atoms with van der Waals surface area (Å²) in [4.78, 5) is 31.9. The number of para-hydroxylation sites is 2. The van der Waals surface area contributed by atoms with Gasteiger partial charge < -0.3 is 24.1 Å². The van der Waals surface area contributed by atoms with Gasteiger partial charge >= 0.3 is 0 Å². The fourth-order valence-electron chi connectivity index (χ4n) is 4.22. The van der Waals surface area contributed by atoms with Gasteiger partial charge in [-0.2, -0.15) is 0 Å². The molecule has 2 amide bonds. The summed E-state index contributed by atoms with van der Waals surface area (Å²) in [6.45, 7) is 0.799. The molecule has 1 saturated heterocycles. The van der Waals surface area contributed by atoms with Crippen molar-refractivity contribution in [2.45, 2.75) is 13.0 Å². The van der Waals surface area contributed by atoms with Gasteiger partial charge in [-0.15, -0.1) is 0 Å². The number of hydrogen-bond acceptors (Lipinski definition) is 6. The lowest BCUT2D eigenvalue weighted by Gasteiger charge is -2.17. The van der Waals surface area contributed by atoms with Crippen molar-refractivity contribution in [3.8, 4) is 23.0 Å². The van der Waals surface area contributed by atoms with Crippen molar-refractivity contribution in [2.75, 3.05) is 26.1 Å². The van der Waals surface area contributed by atoms with Gasteiger partial charge in [0.2, 0.25) is 17.7 Å². The highest BCUT2D eigenvalue weighted by Crippen LogP contribution is 2.33. The number of benzene rings is 3. The van der Waals surface area contributed by atoms with Crippen LogP contribution in [0.2, 0.25) is 0 Å². The Morgan fingerprint density at radius 3 is 2.63 bits per heavy atom. The highest BCUT2D eigenvalue weighted by molar-refractivity contribution is 5.98. The Balaban J connectivity index is 1.30. The predicted molar refractivity (Wildman–Crippen MR) is 131 cm³/mol. The fraction of sp³-hybridized carbons (Fsp3) is 0.222. The second-order valence-electron chi connectivity index (χ2n) is 8.41. The van der Waals surface area contributed by atoms with Gasteiger partial charge in [-0.25, -0.2) is 4.98 Å². The summed E-state index contributed by atoms with van der Waals surface area (Å²) in [7, 11) is 3.15. The highest BCUT2D eigenvalue weighted by Gasteiger charge is 2.34. The second kappa shape index (κ2) is 9.50. The van der Waals surface area contributed by atoms with Crippen molar-refractivity contribution < 1.29 is 23.5 Å². The number of rotatable bonds is 7. The Kier molecular flexibility index (Phi) is 6.10. The standard InChI is InChI=1S/C27H25N3O5/c1-33-20-10-7-17(8-11-20)15-30-16-19(14-25(30)31)26(32)28-22-13-18(9-12-23(22)34-2)27-29-21-5-3-4-6-24(21)35-27/h3-13,19H,14-16H2,1-2H3,(H,28,32)/t19-/m0/s1. The number of aromatic nitrogens is 1. The monoisotopic (exact) mass is 471 g/mol. The van der Waals surface area contributed by atoms with Gasteiger partial charge in [-0.1, -0.05) is 24.3 Å². The predicted octanol–water partition coefficient (Wildman–Crippen LogP) is 4.50. The number of nitrogens with zero attached hydrogens (tertiary/aromatic N) is 2. The molecular weight excluding hydrogens is 446 g/mol. The van der Waals surface area contributed by atoms with Gasteiger partial charge in [0.1, 0.15) is 17.0 Å². The minimum atomic E-state index is -0.460. The zero-order valence-electron chi connectivity index (χ0n) is 19.5. The Bertz CT molecular complexity index is 1350. The minimum absolute atomic E-state index is 0.0480. The summed E-state index contributed by atoms with van der Waals surface area (Å²) in [5.41, 5.74) is 3.63. The van der Waals surface area contributed by atoms with Gasteiger partial charge in [0.25, 0.3) is 0 Å². The molecule has 0 saturated carbocycles. The molecule has 0 unspecified atom stereocenters. The summed E-state index contributed by atoms with van der Waals surface area (Å²) < 4.78 is 16.5. The summed E-state index contributed by atoms with van der Waals surface area (Å²) in [6, 6.07) is 20.4. The van der Waals surface area contributed by atoms with Crippen LogP contribution >= 0.6 is 0 Å². The van der Waals surface area contributed by atoms with Gasteiger partial charge in [-0.3, -0.25) is 9.59 Å². The number of likely N-dealkylation sites (tertiary alicyclic amines) is 1. The third-order valence-corrected chi connectivity index (χ3v) is 6.12. The van der Waals surface area contributed by atoms with Crippen LogP contribution in [0.15, 0.2) is 71.1 Å². The SMILES string of the molecule is COc1ccc(CN2C[C@@H](C(=O)Nc3cc(-c4nc5ccccc5o4)ccc3OC)CC2=O)cc1. The van der Waals surface area contributed by atoms with Crippen molar-refractivity contribution in [1.82, 2.24) is 9.88 Å². The van der Waals surface area contributed by atoms with E-state index in [0.717, 1.165) is 16.8 Å². The maximum atomic E-state index is 13.1. The number of carbonyl (C=O) groups is 2. The summed E-state index contributed by atoms with van der Waals surface area (Å²) in [6.07, 6.45) is 0.162. The first-order chi connectivity index (χ1) is 17.0. The molecule has 8 nitrogen and oxygen atoms in total. The Morgan fingerprint density at radius 2 is 1.89 bits per heavy atom. The van der Waals surface area contributed by atoms with Crippen molar-refractivity contribution in [3.05, 3.63) is 72.3 Å². The second-order valence-corrected chi connectivity index (χ2v) is 8.41. The molecule has 0 aliphatic carbocycles. The summed E-state index contributed by atoms with van der Waals surface area (Å²) in [5, 5.41) is 2.94. The molecule has 4 aromatic rings. The molecule has 0 radical (unpaired) electrons. The first-order valence-electron chi connectivity index (χ1n) is 11.3. The number of oxazole rings is 1. The molecule has 1 fully saturated rings. The molecule has 35 heavy (non-hydrogen) atoms. The summed E-state index contributed by atoms with van der Waals surface area (Å²) in [5.74, 6) is 0.978. The smallest absolute Gasteiger partial charge is 0.229 e. The van der Waals surface area contributed by atoms with Crippen molar-refractivity contribution >= 4 is 28.6 Å². The van der Waals surface area contributed by atoms with E-state index in [2.05, 4.69) is 10.3 Å².